The van der Waals surface area contributed by atoms with E-state index in [4.69, 9.17) is 15.2 Å². The molecule has 0 atom stereocenters. The zero-order chi connectivity index (χ0) is 17.8. The Balaban J connectivity index is 1.91. The predicted molar refractivity (Wildman–Crippen MR) is 94.7 cm³/mol. The standard InChI is InChI=1S/C18H17FN4O2/c1-24-16-6-4-12(10-17(16)25-2)22-18-21-8-7-15(23-18)13-9-11(20)3-5-14(13)19/h3-10H,20H2,1-2H3,(H,21,22,23). The Hall–Kier alpha value is -3.35. The fraction of sp³-hybridized carbons (Fsp3) is 0.111. The third kappa shape index (κ3) is 3.60. The second-order valence-corrected chi connectivity index (χ2v) is 5.20. The van der Waals surface area contributed by atoms with Gasteiger partial charge in [-0.2, -0.15) is 0 Å². The van der Waals surface area contributed by atoms with Crippen LogP contribution in [0.1, 0.15) is 0 Å². The van der Waals surface area contributed by atoms with Crippen LogP contribution < -0.4 is 20.5 Å². The Labute approximate surface area is 144 Å². The van der Waals surface area contributed by atoms with Crippen molar-refractivity contribution in [2.45, 2.75) is 0 Å². The number of benzene rings is 2. The third-order valence-corrected chi connectivity index (χ3v) is 3.56. The highest BCUT2D eigenvalue weighted by Crippen LogP contribution is 2.31. The smallest absolute Gasteiger partial charge is 0.227 e. The maximum absolute atomic E-state index is 14.0. The first kappa shape index (κ1) is 16.5. The molecule has 1 heterocycles. The predicted octanol–water partition coefficient (Wildman–Crippen LogP) is 3.63. The molecule has 0 aliphatic heterocycles. The molecule has 1 aromatic heterocycles. The topological polar surface area (TPSA) is 82.3 Å². The zero-order valence-electron chi connectivity index (χ0n) is 13.8. The van der Waals surface area contributed by atoms with Crippen molar-refractivity contribution < 1.29 is 13.9 Å². The number of nitrogens with two attached hydrogens (primary N) is 1. The van der Waals surface area contributed by atoms with Gasteiger partial charge in [0.05, 0.1) is 19.9 Å². The minimum atomic E-state index is -0.398. The monoisotopic (exact) mass is 340 g/mol. The van der Waals surface area contributed by atoms with Gasteiger partial charge in [0.25, 0.3) is 0 Å². The van der Waals surface area contributed by atoms with Crippen LogP contribution >= 0.6 is 0 Å². The van der Waals surface area contributed by atoms with Crippen LogP contribution in [0, 0.1) is 5.82 Å². The number of hydrogen-bond donors (Lipinski definition) is 2. The molecule has 0 aliphatic rings. The van der Waals surface area contributed by atoms with Crippen molar-refractivity contribution >= 4 is 17.3 Å². The molecule has 0 radical (unpaired) electrons. The fourth-order valence-corrected chi connectivity index (χ4v) is 2.35. The Morgan fingerprint density at radius 2 is 1.80 bits per heavy atom. The van der Waals surface area contributed by atoms with Crippen LogP contribution in [0.25, 0.3) is 11.3 Å². The van der Waals surface area contributed by atoms with Crippen molar-refractivity contribution in [2.24, 2.45) is 0 Å². The Bertz CT molecular complexity index is 902. The lowest BCUT2D eigenvalue weighted by Crippen LogP contribution is -2.00. The molecule has 3 N–H and O–H groups in total. The van der Waals surface area contributed by atoms with Crippen LogP contribution in [0.4, 0.5) is 21.7 Å². The number of nitrogens with one attached hydrogen (secondary N) is 1. The van der Waals surface area contributed by atoms with Gasteiger partial charge in [0.2, 0.25) is 5.95 Å². The second kappa shape index (κ2) is 7.04. The number of ether oxygens (including phenoxy) is 2. The van der Waals surface area contributed by atoms with Gasteiger partial charge >= 0.3 is 0 Å². The van der Waals surface area contributed by atoms with Crippen LogP contribution in [-0.4, -0.2) is 24.2 Å². The molecule has 0 aliphatic carbocycles. The van der Waals surface area contributed by atoms with Gasteiger partial charge in [-0.15, -0.1) is 0 Å². The summed E-state index contributed by atoms with van der Waals surface area (Å²) in [5, 5.41) is 3.06. The molecule has 3 rings (SSSR count). The highest BCUT2D eigenvalue weighted by atomic mass is 19.1. The first-order valence-electron chi connectivity index (χ1n) is 7.48. The molecular formula is C18H17FN4O2. The van der Waals surface area contributed by atoms with Crippen molar-refractivity contribution in [3.05, 3.63) is 54.5 Å². The van der Waals surface area contributed by atoms with E-state index in [9.17, 15) is 4.39 Å². The van der Waals surface area contributed by atoms with E-state index in [1.807, 2.05) is 0 Å². The van der Waals surface area contributed by atoms with Gasteiger partial charge in [-0.3, -0.25) is 0 Å². The van der Waals surface area contributed by atoms with Gasteiger partial charge in [0, 0.05) is 29.2 Å². The molecular weight excluding hydrogens is 323 g/mol. The Kier molecular flexibility index (Phi) is 4.65. The highest BCUT2D eigenvalue weighted by molar-refractivity contribution is 5.67. The number of nitrogen functional groups attached to an aromatic ring is 1. The van der Waals surface area contributed by atoms with E-state index in [1.165, 1.54) is 18.2 Å². The SMILES string of the molecule is COc1ccc(Nc2nccc(-c3cc(N)ccc3F)n2)cc1OC. The molecule has 0 bridgehead atoms. The lowest BCUT2D eigenvalue weighted by atomic mass is 10.1. The van der Waals surface area contributed by atoms with Crippen LogP contribution in [0.3, 0.4) is 0 Å². The highest BCUT2D eigenvalue weighted by Gasteiger charge is 2.10. The molecule has 0 fully saturated rings. The second-order valence-electron chi connectivity index (χ2n) is 5.20. The number of nitrogens with zero attached hydrogens (tertiary/aromatic N) is 2. The summed E-state index contributed by atoms with van der Waals surface area (Å²) in [4.78, 5) is 8.51. The van der Waals surface area contributed by atoms with E-state index in [0.717, 1.165) is 0 Å². The molecule has 7 heteroatoms. The summed E-state index contributed by atoms with van der Waals surface area (Å²) in [6.45, 7) is 0. The molecule has 128 valence electrons. The van der Waals surface area contributed by atoms with Gasteiger partial charge < -0.3 is 20.5 Å². The number of rotatable bonds is 5. The number of hydrogen-bond acceptors (Lipinski definition) is 6. The molecule has 0 unspecified atom stereocenters. The van der Waals surface area contributed by atoms with Crippen molar-refractivity contribution in [3.8, 4) is 22.8 Å². The summed E-state index contributed by atoms with van der Waals surface area (Å²) in [6.07, 6.45) is 1.55. The largest absolute Gasteiger partial charge is 0.493 e. The molecule has 3 aromatic rings. The first-order chi connectivity index (χ1) is 12.1. The van der Waals surface area contributed by atoms with E-state index < -0.39 is 5.82 Å². The number of halogens is 1. The summed E-state index contributed by atoms with van der Waals surface area (Å²) < 4.78 is 24.5. The van der Waals surface area contributed by atoms with Crippen molar-refractivity contribution in [1.82, 2.24) is 9.97 Å². The van der Waals surface area contributed by atoms with E-state index >= 15 is 0 Å². The normalized spacial score (nSPS) is 10.4. The molecule has 0 saturated heterocycles. The molecule has 0 saturated carbocycles. The van der Waals surface area contributed by atoms with E-state index in [1.54, 1.807) is 44.7 Å². The summed E-state index contributed by atoms with van der Waals surface area (Å²) in [5.41, 5.74) is 7.66. The van der Waals surface area contributed by atoms with Gasteiger partial charge in [-0.1, -0.05) is 0 Å². The lowest BCUT2D eigenvalue weighted by molar-refractivity contribution is 0.355. The molecule has 2 aromatic carbocycles. The maximum atomic E-state index is 14.0. The average molecular weight is 340 g/mol. The van der Waals surface area contributed by atoms with E-state index in [2.05, 4.69) is 15.3 Å². The zero-order valence-corrected chi connectivity index (χ0v) is 13.8. The van der Waals surface area contributed by atoms with Crippen LogP contribution in [0.15, 0.2) is 48.7 Å². The summed E-state index contributed by atoms with van der Waals surface area (Å²) >= 11 is 0. The van der Waals surface area contributed by atoms with Gasteiger partial charge in [0.15, 0.2) is 11.5 Å². The molecule has 0 amide bonds. The van der Waals surface area contributed by atoms with Crippen LogP contribution in [-0.2, 0) is 0 Å². The van der Waals surface area contributed by atoms with Crippen molar-refractivity contribution in [1.29, 1.82) is 0 Å². The summed E-state index contributed by atoms with van der Waals surface area (Å²) in [5.74, 6) is 1.12. The first-order valence-corrected chi connectivity index (χ1v) is 7.48. The Morgan fingerprint density at radius 1 is 1.00 bits per heavy atom. The third-order valence-electron chi connectivity index (χ3n) is 3.56. The summed E-state index contributed by atoms with van der Waals surface area (Å²) in [6, 6.07) is 11.3. The molecule has 25 heavy (non-hydrogen) atoms. The van der Waals surface area contributed by atoms with Gasteiger partial charge in [-0.05, 0) is 36.4 Å². The number of anilines is 3. The number of methoxy groups -OCH3 is 2. The average Bonchev–Trinajstić information content (AvgIpc) is 2.64. The van der Waals surface area contributed by atoms with E-state index in [0.29, 0.717) is 40.1 Å². The van der Waals surface area contributed by atoms with E-state index in [-0.39, 0.29) is 0 Å². The molecule has 6 nitrogen and oxygen atoms in total. The maximum Gasteiger partial charge on any atom is 0.227 e. The Morgan fingerprint density at radius 3 is 2.56 bits per heavy atom. The summed E-state index contributed by atoms with van der Waals surface area (Å²) in [7, 11) is 3.12. The van der Waals surface area contributed by atoms with Crippen molar-refractivity contribution in [3.63, 3.8) is 0 Å². The van der Waals surface area contributed by atoms with Crippen LogP contribution in [0.2, 0.25) is 0 Å². The minimum absolute atomic E-state index is 0.317. The quantitative estimate of drug-likeness (QED) is 0.690. The number of aromatic nitrogens is 2. The minimum Gasteiger partial charge on any atom is -0.493 e. The van der Waals surface area contributed by atoms with Crippen LogP contribution in [0.5, 0.6) is 11.5 Å². The van der Waals surface area contributed by atoms with Crippen molar-refractivity contribution in [2.75, 3.05) is 25.3 Å². The van der Waals surface area contributed by atoms with Gasteiger partial charge in [-0.25, -0.2) is 14.4 Å². The lowest BCUT2D eigenvalue weighted by Gasteiger charge is -2.11. The van der Waals surface area contributed by atoms with Gasteiger partial charge in [0.1, 0.15) is 5.82 Å². The fourth-order valence-electron chi connectivity index (χ4n) is 2.35. The molecule has 0 spiro atoms.